The first-order chi connectivity index (χ1) is 34.1. The maximum Gasteiger partial charge on any atom is 0.245 e. The van der Waals surface area contributed by atoms with Gasteiger partial charge in [0, 0.05) is 41.4 Å². The van der Waals surface area contributed by atoms with Crippen molar-refractivity contribution in [1.29, 1.82) is 0 Å². The van der Waals surface area contributed by atoms with Crippen molar-refractivity contribution < 1.29 is 48.9 Å². The topological polar surface area (TPSA) is 332 Å². The molecule has 0 radical (unpaired) electrons. The third-order valence-electron chi connectivity index (χ3n) is 11.9. The van der Waals surface area contributed by atoms with Crippen LogP contribution in [0.25, 0.3) is 10.9 Å². The zero-order valence-electron chi connectivity index (χ0n) is 39.7. The highest BCUT2D eigenvalue weighted by atomic mass is 33.1. The van der Waals surface area contributed by atoms with Crippen molar-refractivity contribution in [3.05, 3.63) is 108 Å². The van der Waals surface area contributed by atoms with Crippen molar-refractivity contribution >= 4 is 73.8 Å². The number of aliphatic hydroxyl groups excluding tert-OH is 3. The lowest BCUT2D eigenvalue weighted by molar-refractivity contribution is -0.136. The quantitative estimate of drug-likeness (QED) is 0.0455. The molecule has 1 aromatic heterocycles. The van der Waals surface area contributed by atoms with Gasteiger partial charge in [-0.15, -0.1) is 0 Å². The summed E-state index contributed by atoms with van der Waals surface area (Å²) in [6.45, 7) is 2.23. The van der Waals surface area contributed by atoms with Gasteiger partial charge in [-0.2, -0.15) is 0 Å². The Kier molecular flexibility index (Phi) is 22.2. The van der Waals surface area contributed by atoms with Crippen LogP contribution < -0.4 is 48.7 Å². The van der Waals surface area contributed by atoms with Crippen LogP contribution in [0, 0.1) is 0 Å². The Labute approximate surface area is 420 Å². The number of fused-ring (bicyclic) bond motifs is 1. The minimum absolute atomic E-state index is 0.0340. The molecule has 1 aliphatic rings. The van der Waals surface area contributed by atoms with Crippen LogP contribution in [0.2, 0.25) is 0 Å². The summed E-state index contributed by atoms with van der Waals surface area (Å²) < 4.78 is 0. The predicted octanol–water partition coefficient (Wildman–Crippen LogP) is -0.805. The molecule has 5 rings (SSSR count). The van der Waals surface area contributed by atoms with Gasteiger partial charge in [-0.3, -0.25) is 33.6 Å². The van der Waals surface area contributed by atoms with Gasteiger partial charge in [0.2, 0.25) is 41.4 Å². The second-order valence-corrected chi connectivity index (χ2v) is 20.0. The molecule has 20 nitrogen and oxygen atoms in total. The van der Waals surface area contributed by atoms with Crippen LogP contribution in [0.3, 0.4) is 0 Å². The molecule has 7 amide bonds. The molecule has 0 aliphatic carbocycles. The number of nitrogens with two attached hydrogens (primary N) is 2. The van der Waals surface area contributed by atoms with Crippen LogP contribution in [0.1, 0.15) is 49.8 Å². The highest BCUT2D eigenvalue weighted by molar-refractivity contribution is 8.76. The summed E-state index contributed by atoms with van der Waals surface area (Å²) in [6, 6.07) is 14.6. The van der Waals surface area contributed by atoms with E-state index in [9.17, 15) is 48.9 Å². The Morgan fingerprint density at radius 3 is 1.96 bits per heavy atom. The first kappa shape index (κ1) is 55.9. The smallest absolute Gasteiger partial charge is 0.245 e. The van der Waals surface area contributed by atoms with Gasteiger partial charge < -0.3 is 69.0 Å². The molecule has 2 heterocycles. The van der Waals surface area contributed by atoms with E-state index in [-0.39, 0.29) is 43.7 Å². The fraction of sp³-hybridized carbons (Fsp3) is 0.449. The highest BCUT2D eigenvalue weighted by Crippen LogP contribution is 2.24. The van der Waals surface area contributed by atoms with E-state index in [0.717, 1.165) is 38.1 Å². The molecule has 0 saturated carbocycles. The molecule has 384 valence electrons. The standard InChI is InChI=1S/C49H66N10O10S2/c1-28(61)39(25-60)56-48(68)41-27-71-70-26-40(57-43(63)34(51)21-30-13-5-3-6-14-30)47(67)54-37(22-31-15-7-4-8-16-31)45(65)55-38(23-32-24-52-35-18-10-9-17-33(32)35)46(66)53-36(19-11-12-20-50)44(64)59-42(29(2)62)49(69)58-41/h3-10,13-18,24,28-29,34,36-42,52,60-62H,11-12,19-23,25-27,50-51H2,1-2H3,(H,53,66)(H,54,67)(H,55,65)(H,56,68)(H,57,63)(H,58,69)(H,59,64)/t28?,29?,34-,36+,37+,38-,39-,40+,41+,42?/m1/s1. The lowest BCUT2D eigenvalue weighted by atomic mass is 10.0. The number of carbonyl (C=O) groups excluding carboxylic acids is 7. The first-order valence-electron chi connectivity index (χ1n) is 23.5. The Bertz CT molecular complexity index is 2400. The maximum atomic E-state index is 14.7. The molecule has 15 N–H and O–H groups in total. The monoisotopic (exact) mass is 1020 g/mol. The van der Waals surface area contributed by atoms with E-state index in [1.807, 2.05) is 30.3 Å². The van der Waals surface area contributed by atoms with Gasteiger partial charge in [-0.05, 0) is 68.8 Å². The molecule has 3 unspecified atom stereocenters. The van der Waals surface area contributed by atoms with Gasteiger partial charge >= 0.3 is 0 Å². The summed E-state index contributed by atoms with van der Waals surface area (Å²) in [5, 5.41) is 50.5. The van der Waals surface area contributed by atoms with Gasteiger partial charge in [-0.25, -0.2) is 0 Å². The number of aromatic amines is 1. The lowest BCUT2D eigenvalue weighted by Crippen LogP contribution is -2.62. The fourth-order valence-electron chi connectivity index (χ4n) is 7.73. The predicted molar refractivity (Wildman–Crippen MR) is 272 cm³/mol. The number of unbranched alkanes of at least 4 members (excludes halogenated alkanes) is 1. The van der Waals surface area contributed by atoms with Gasteiger partial charge in [-0.1, -0.05) is 100 Å². The van der Waals surface area contributed by atoms with Gasteiger partial charge in [0.05, 0.1) is 30.9 Å². The summed E-state index contributed by atoms with van der Waals surface area (Å²) in [6.07, 6.45) is -0.156. The number of H-pyrrole nitrogens is 1. The first-order valence-corrected chi connectivity index (χ1v) is 26.0. The summed E-state index contributed by atoms with van der Waals surface area (Å²) in [5.74, 6) is -6.01. The average Bonchev–Trinajstić information content (AvgIpc) is 3.76. The summed E-state index contributed by atoms with van der Waals surface area (Å²) in [4.78, 5) is 103. The third-order valence-corrected chi connectivity index (χ3v) is 14.3. The van der Waals surface area contributed by atoms with E-state index < -0.39 is 108 Å². The van der Waals surface area contributed by atoms with Crippen LogP contribution in [0.15, 0.2) is 91.1 Å². The normalized spacial score (nSPS) is 22.8. The molecule has 3 aromatic carbocycles. The number of hydrogen-bond acceptors (Lipinski definition) is 14. The molecular formula is C49H66N10O10S2. The molecule has 0 bridgehead atoms. The SMILES string of the molecule is CC(O)C1NC(=O)[C@H](CCCCN)NC(=O)[C@@H](Cc2c[nH]c3ccccc23)NC(=O)[C@H](Cc2ccccc2)NC(=O)[C@@H](NC(=O)[C@H](N)Cc2ccccc2)CSSC[C@@H](C(=O)N[C@H](CO)C(C)O)NC1=O. The number of rotatable bonds is 17. The summed E-state index contributed by atoms with van der Waals surface area (Å²) in [5.41, 5.74) is 15.0. The molecule has 1 saturated heterocycles. The van der Waals surface area contributed by atoms with Gasteiger partial charge in [0.25, 0.3) is 0 Å². The zero-order valence-corrected chi connectivity index (χ0v) is 41.3. The zero-order chi connectivity index (χ0) is 51.5. The van der Waals surface area contributed by atoms with Crippen molar-refractivity contribution in [3.8, 4) is 0 Å². The lowest BCUT2D eigenvalue weighted by Gasteiger charge is -2.29. The summed E-state index contributed by atoms with van der Waals surface area (Å²) >= 11 is 0. The van der Waals surface area contributed by atoms with E-state index >= 15 is 0 Å². The molecular weight excluding hydrogens is 953 g/mol. The largest absolute Gasteiger partial charge is 0.394 e. The van der Waals surface area contributed by atoms with Crippen molar-refractivity contribution in [3.63, 3.8) is 0 Å². The second-order valence-electron chi connectivity index (χ2n) is 17.5. The van der Waals surface area contributed by atoms with E-state index in [1.165, 1.54) is 13.8 Å². The number of carbonyl (C=O) groups is 7. The van der Waals surface area contributed by atoms with Crippen LogP contribution >= 0.6 is 21.6 Å². The second kappa shape index (κ2) is 28.1. The molecule has 1 aliphatic heterocycles. The number of hydrogen-bond donors (Lipinski definition) is 13. The van der Waals surface area contributed by atoms with Crippen LogP contribution in [-0.2, 0) is 52.8 Å². The number of amides is 7. The maximum absolute atomic E-state index is 14.7. The number of para-hydroxylation sites is 1. The highest BCUT2D eigenvalue weighted by Gasteiger charge is 2.36. The van der Waals surface area contributed by atoms with Crippen LogP contribution in [0.5, 0.6) is 0 Å². The van der Waals surface area contributed by atoms with Gasteiger partial charge in [0.1, 0.15) is 36.3 Å². The Morgan fingerprint density at radius 1 is 0.718 bits per heavy atom. The van der Waals surface area contributed by atoms with Crippen molar-refractivity contribution in [1.82, 2.24) is 42.2 Å². The Balaban J connectivity index is 1.56. The molecule has 22 heteroatoms. The Hall–Kier alpha value is -6.01. The van der Waals surface area contributed by atoms with E-state index in [4.69, 9.17) is 11.5 Å². The van der Waals surface area contributed by atoms with E-state index in [1.54, 1.807) is 60.8 Å². The minimum atomic E-state index is -1.66. The fourth-order valence-corrected chi connectivity index (χ4v) is 10.1. The van der Waals surface area contributed by atoms with E-state index in [2.05, 4.69) is 42.2 Å². The molecule has 0 spiro atoms. The molecule has 4 aromatic rings. The summed E-state index contributed by atoms with van der Waals surface area (Å²) in [7, 11) is 2.06. The van der Waals surface area contributed by atoms with E-state index in [0.29, 0.717) is 24.0 Å². The number of aromatic nitrogens is 1. The number of benzene rings is 3. The van der Waals surface area contributed by atoms with Crippen LogP contribution in [0.4, 0.5) is 0 Å². The minimum Gasteiger partial charge on any atom is -0.394 e. The van der Waals surface area contributed by atoms with Crippen molar-refractivity contribution in [2.75, 3.05) is 24.7 Å². The molecule has 10 atom stereocenters. The number of aliphatic hydroxyl groups is 3. The van der Waals surface area contributed by atoms with Crippen molar-refractivity contribution in [2.24, 2.45) is 11.5 Å². The molecule has 71 heavy (non-hydrogen) atoms. The Morgan fingerprint density at radius 2 is 1.31 bits per heavy atom. The van der Waals surface area contributed by atoms with Gasteiger partial charge in [0.15, 0.2) is 0 Å². The van der Waals surface area contributed by atoms with Crippen molar-refractivity contribution in [2.45, 2.75) is 113 Å². The third kappa shape index (κ3) is 17.1. The molecule has 1 fully saturated rings. The van der Waals surface area contributed by atoms with Crippen LogP contribution in [-0.4, -0.2) is 147 Å². The number of nitrogens with one attached hydrogen (secondary N) is 8. The average molecular weight is 1020 g/mol.